The third kappa shape index (κ3) is 3.97. The van der Waals surface area contributed by atoms with Crippen LogP contribution in [0.1, 0.15) is 54.4 Å². The first-order chi connectivity index (χ1) is 13.7. The lowest BCUT2D eigenvalue weighted by molar-refractivity contribution is 0.101. The van der Waals surface area contributed by atoms with Gasteiger partial charge in [0.15, 0.2) is 10.9 Å². The van der Waals surface area contributed by atoms with Crippen LogP contribution in [0.15, 0.2) is 53.7 Å². The molecule has 1 fully saturated rings. The molecule has 0 aliphatic heterocycles. The van der Waals surface area contributed by atoms with Crippen LogP contribution in [0.3, 0.4) is 0 Å². The monoisotopic (exact) mass is 393 g/mol. The van der Waals surface area contributed by atoms with Crippen molar-refractivity contribution in [2.45, 2.75) is 43.5 Å². The molecule has 1 saturated carbocycles. The Morgan fingerprint density at radius 3 is 2.64 bits per heavy atom. The van der Waals surface area contributed by atoms with E-state index in [1.54, 1.807) is 18.7 Å². The van der Waals surface area contributed by atoms with Gasteiger partial charge in [-0.3, -0.25) is 9.36 Å². The molecule has 1 aliphatic rings. The summed E-state index contributed by atoms with van der Waals surface area (Å²) in [6, 6.07) is 15.9. The predicted molar refractivity (Wildman–Crippen MR) is 111 cm³/mol. The topological polar surface area (TPSA) is 57.0 Å². The fourth-order valence-corrected chi connectivity index (χ4v) is 4.09. The molecule has 0 bridgehead atoms. The van der Waals surface area contributed by atoms with E-state index in [2.05, 4.69) is 26.9 Å². The lowest BCUT2D eigenvalue weighted by Crippen LogP contribution is -2.02. The van der Waals surface area contributed by atoms with Crippen LogP contribution in [0.2, 0.25) is 0 Å². The number of hydrogen-bond acceptors (Lipinski definition) is 5. The molecule has 0 saturated heterocycles. The Bertz CT molecular complexity index is 981. The summed E-state index contributed by atoms with van der Waals surface area (Å²) in [6.45, 7) is 4.13. The average Bonchev–Trinajstić information content (AvgIpc) is 3.47. The number of thioether (sulfide) groups is 1. The molecular formula is C22H23N3O2S. The average molecular weight is 394 g/mol. The van der Waals surface area contributed by atoms with E-state index >= 15 is 0 Å². The molecule has 0 unspecified atom stereocenters. The van der Waals surface area contributed by atoms with E-state index in [0.29, 0.717) is 23.8 Å². The van der Waals surface area contributed by atoms with Gasteiger partial charge in [0.2, 0.25) is 0 Å². The number of rotatable bonds is 8. The van der Waals surface area contributed by atoms with E-state index in [0.717, 1.165) is 28.0 Å². The third-order valence-electron chi connectivity index (χ3n) is 4.74. The molecule has 144 valence electrons. The van der Waals surface area contributed by atoms with Crippen LogP contribution in [0, 0.1) is 0 Å². The zero-order valence-corrected chi connectivity index (χ0v) is 16.9. The van der Waals surface area contributed by atoms with Crippen LogP contribution in [0.4, 0.5) is 0 Å². The summed E-state index contributed by atoms with van der Waals surface area (Å²) >= 11 is 1.62. The second-order valence-corrected chi connectivity index (χ2v) is 7.83. The van der Waals surface area contributed by atoms with E-state index in [-0.39, 0.29) is 5.78 Å². The summed E-state index contributed by atoms with van der Waals surface area (Å²) < 4.78 is 7.93. The maximum absolute atomic E-state index is 11.8. The van der Waals surface area contributed by atoms with Gasteiger partial charge in [0.25, 0.3) is 0 Å². The largest absolute Gasteiger partial charge is 0.494 e. The summed E-state index contributed by atoms with van der Waals surface area (Å²) in [5.41, 5.74) is 2.77. The Morgan fingerprint density at radius 2 is 1.96 bits per heavy atom. The van der Waals surface area contributed by atoms with E-state index in [4.69, 9.17) is 4.74 Å². The van der Waals surface area contributed by atoms with Crippen LogP contribution < -0.4 is 4.74 Å². The van der Waals surface area contributed by atoms with Crippen molar-refractivity contribution >= 4 is 17.5 Å². The van der Waals surface area contributed by atoms with Crippen molar-refractivity contribution in [3.63, 3.8) is 0 Å². The van der Waals surface area contributed by atoms with Gasteiger partial charge in [0.05, 0.1) is 6.61 Å². The molecule has 6 heteroatoms. The quantitative estimate of drug-likeness (QED) is 0.396. The first-order valence-electron chi connectivity index (χ1n) is 9.57. The first-order valence-corrected chi connectivity index (χ1v) is 10.6. The second kappa shape index (κ2) is 8.19. The van der Waals surface area contributed by atoms with Crippen LogP contribution in [-0.4, -0.2) is 27.2 Å². The number of ether oxygens (including phenoxy) is 1. The number of benzene rings is 2. The second-order valence-electron chi connectivity index (χ2n) is 6.89. The van der Waals surface area contributed by atoms with E-state index in [1.165, 1.54) is 12.8 Å². The summed E-state index contributed by atoms with van der Waals surface area (Å²) in [5, 5.41) is 9.81. The third-order valence-corrected chi connectivity index (χ3v) is 5.72. The van der Waals surface area contributed by atoms with Crippen LogP contribution >= 0.6 is 11.8 Å². The number of ketones is 1. The summed E-state index contributed by atoms with van der Waals surface area (Å²) in [4.78, 5) is 11.8. The molecule has 4 rings (SSSR count). The molecule has 3 aromatic rings. The number of carbonyl (C=O) groups excluding carboxylic acids is 1. The van der Waals surface area contributed by atoms with Crippen molar-refractivity contribution in [1.82, 2.24) is 14.8 Å². The van der Waals surface area contributed by atoms with Gasteiger partial charge in [-0.25, -0.2) is 0 Å². The summed E-state index contributed by atoms with van der Waals surface area (Å²) in [6.07, 6.45) is 2.34. The maximum atomic E-state index is 11.8. The number of carbonyl (C=O) groups is 1. The molecule has 1 aliphatic carbocycles. The Morgan fingerprint density at radius 1 is 1.18 bits per heavy atom. The minimum Gasteiger partial charge on any atom is -0.494 e. The van der Waals surface area contributed by atoms with Crippen molar-refractivity contribution in [3.05, 3.63) is 65.5 Å². The molecule has 28 heavy (non-hydrogen) atoms. The van der Waals surface area contributed by atoms with Gasteiger partial charge in [-0.15, -0.1) is 10.2 Å². The van der Waals surface area contributed by atoms with E-state index < -0.39 is 0 Å². The number of nitrogens with zero attached hydrogens (tertiary/aromatic N) is 3. The van der Waals surface area contributed by atoms with Gasteiger partial charge < -0.3 is 4.74 Å². The van der Waals surface area contributed by atoms with Crippen molar-refractivity contribution in [1.29, 1.82) is 0 Å². The highest BCUT2D eigenvalue weighted by Gasteiger charge is 2.31. The van der Waals surface area contributed by atoms with E-state index in [1.807, 2.05) is 43.3 Å². The normalized spacial score (nSPS) is 13.5. The first kappa shape index (κ1) is 18.7. The van der Waals surface area contributed by atoms with Gasteiger partial charge in [-0.2, -0.15) is 0 Å². The molecule has 0 atom stereocenters. The van der Waals surface area contributed by atoms with Crippen molar-refractivity contribution in [3.8, 4) is 11.4 Å². The van der Waals surface area contributed by atoms with Crippen molar-refractivity contribution in [2.75, 3.05) is 6.61 Å². The van der Waals surface area contributed by atoms with Crippen molar-refractivity contribution < 1.29 is 9.53 Å². The Labute approximate surface area is 169 Å². The van der Waals surface area contributed by atoms with Crippen LogP contribution in [0.5, 0.6) is 5.75 Å². The molecule has 2 aromatic carbocycles. The van der Waals surface area contributed by atoms with Gasteiger partial charge in [-0.05, 0) is 57.0 Å². The minimum atomic E-state index is 0.0535. The SMILES string of the molecule is CCOc1ccc(C(C)=O)cc1CSc1nnc(C2CC2)n1-c1ccccc1. The smallest absolute Gasteiger partial charge is 0.196 e. The highest BCUT2D eigenvalue weighted by Crippen LogP contribution is 2.41. The molecule has 0 spiro atoms. The zero-order valence-electron chi connectivity index (χ0n) is 16.1. The Hall–Kier alpha value is -2.60. The molecule has 1 aromatic heterocycles. The molecule has 1 heterocycles. The predicted octanol–water partition coefficient (Wildman–Crippen LogP) is 5.04. The standard InChI is InChI=1S/C22H23N3O2S/c1-3-27-20-12-11-17(15(2)26)13-18(20)14-28-22-24-23-21(16-9-10-16)25(22)19-7-5-4-6-8-19/h4-8,11-13,16H,3,9-10,14H2,1-2H3. The van der Waals surface area contributed by atoms with Crippen molar-refractivity contribution in [2.24, 2.45) is 0 Å². The molecular weight excluding hydrogens is 370 g/mol. The lowest BCUT2D eigenvalue weighted by atomic mass is 10.1. The highest BCUT2D eigenvalue weighted by atomic mass is 32.2. The Kier molecular flexibility index (Phi) is 5.48. The summed E-state index contributed by atoms with van der Waals surface area (Å²) in [7, 11) is 0. The van der Waals surface area contributed by atoms with Crippen LogP contribution in [0.25, 0.3) is 5.69 Å². The van der Waals surface area contributed by atoms with Gasteiger partial charge in [-0.1, -0.05) is 30.0 Å². The zero-order chi connectivity index (χ0) is 19.5. The minimum absolute atomic E-state index is 0.0535. The van der Waals surface area contributed by atoms with Gasteiger partial charge in [0, 0.05) is 28.5 Å². The van der Waals surface area contributed by atoms with E-state index in [9.17, 15) is 4.79 Å². The van der Waals surface area contributed by atoms with Gasteiger partial charge >= 0.3 is 0 Å². The molecule has 0 amide bonds. The molecule has 0 N–H and O–H groups in total. The number of aromatic nitrogens is 3. The number of hydrogen-bond donors (Lipinski definition) is 0. The van der Waals surface area contributed by atoms with Crippen LogP contribution in [-0.2, 0) is 5.75 Å². The lowest BCUT2D eigenvalue weighted by Gasteiger charge is -2.12. The molecule has 0 radical (unpaired) electrons. The highest BCUT2D eigenvalue weighted by molar-refractivity contribution is 7.98. The summed E-state index contributed by atoms with van der Waals surface area (Å²) in [5.74, 6) is 3.07. The number of para-hydroxylation sites is 1. The fourth-order valence-electron chi connectivity index (χ4n) is 3.15. The fraction of sp³-hybridized carbons (Fsp3) is 0.318. The number of Topliss-reactive ketones (excluding diaryl/α,β-unsaturated/α-hetero) is 1. The maximum Gasteiger partial charge on any atom is 0.196 e. The Balaban J connectivity index is 1.64. The van der Waals surface area contributed by atoms with Gasteiger partial charge in [0.1, 0.15) is 11.6 Å². The molecule has 5 nitrogen and oxygen atoms in total.